The highest BCUT2D eigenvalue weighted by molar-refractivity contribution is 5.86. The lowest BCUT2D eigenvalue weighted by molar-refractivity contribution is -0.125. The minimum Gasteiger partial charge on any atom is -0.354 e. The number of nitrogens with one attached hydrogen (secondary N) is 2. The Hall–Kier alpha value is -1.91. The van der Waals surface area contributed by atoms with Gasteiger partial charge in [-0.3, -0.25) is 9.69 Å². The third-order valence-corrected chi connectivity index (χ3v) is 6.28. The lowest BCUT2D eigenvalue weighted by atomic mass is 9.77. The fourth-order valence-corrected chi connectivity index (χ4v) is 4.83. The molecule has 2 N–H and O–H groups in total. The predicted molar refractivity (Wildman–Crippen MR) is 106 cm³/mol. The number of nitrogens with zero attached hydrogens (tertiary/aromatic N) is 1. The lowest BCUT2D eigenvalue weighted by Gasteiger charge is -2.33. The summed E-state index contributed by atoms with van der Waals surface area (Å²) in [5.41, 5.74) is 1.65. The van der Waals surface area contributed by atoms with Crippen molar-refractivity contribution in [2.75, 3.05) is 33.2 Å². The van der Waals surface area contributed by atoms with Crippen LogP contribution in [-0.2, 0) is 11.2 Å². The van der Waals surface area contributed by atoms with Crippen LogP contribution < -0.4 is 10.6 Å². The summed E-state index contributed by atoms with van der Waals surface area (Å²) in [7, 11) is 2.10. The van der Waals surface area contributed by atoms with E-state index < -0.39 is 0 Å². The van der Waals surface area contributed by atoms with E-state index in [0.29, 0.717) is 12.0 Å². The Balaban J connectivity index is 1.35. The van der Waals surface area contributed by atoms with E-state index in [-0.39, 0.29) is 11.9 Å². The van der Waals surface area contributed by atoms with Crippen LogP contribution in [0.4, 0.5) is 0 Å². The number of piperidine rings is 1. The molecule has 0 radical (unpaired) electrons. The molecule has 2 aliphatic rings. The molecule has 0 aromatic heterocycles. The summed E-state index contributed by atoms with van der Waals surface area (Å²) >= 11 is 0. The Morgan fingerprint density at radius 3 is 2.81 bits per heavy atom. The van der Waals surface area contributed by atoms with Crippen LogP contribution in [0.2, 0.25) is 0 Å². The van der Waals surface area contributed by atoms with Gasteiger partial charge in [-0.2, -0.15) is 0 Å². The number of carbonyl (C=O) groups is 1. The fraction of sp³-hybridized carbons (Fsp3) is 0.500. The van der Waals surface area contributed by atoms with E-state index in [4.69, 9.17) is 0 Å². The Morgan fingerprint density at radius 2 is 1.96 bits per heavy atom. The van der Waals surface area contributed by atoms with Crippen LogP contribution in [-0.4, -0.2) is 50.1 Å². The Morgan fingerprint density at radius 1 is 1.19 bits per heavy atom. The maximum absolute atomic E-state index is 12.8. The second-order valence-electron chi connectivity index (χ2n) is 8.06. The van der Waals surface area contributed by atoms with Gasteiger partial charge in [0.05, 0.1) is 6.04 Å². The number of fused-ring (bicyclic) bond motifs is 1. The van der Waals surface area contributed by atoms with Crippen molar-refractivity contribution in [3.05, 3.63) is 48.0 Å². The van der Waals surface area contributed by atoms with Crippen molar-refractivity contribution in [2.45, 2.75) is 31.7 Å². The van der Waals surface area contributed by atoms with Crippen LogP contribution in [0.5, 0.6) is 0 Å². The minimum absolute atomic E-state index is 0.0283. The van der Waals surface area contributed by atoms with Crippen LogP contribution in [0.25, 0.3) is 10.8 Å². The third-order valence-electron chi connectivity index (χ3n) is 6.28. The van der Waals surface area contributed by atoms with Gasteiger partial charge in [0.1, 0.15) is 0 Å². The highest BCUT2D eigenvalue weighted by atomic mass is 16.2. The second kappa shape index (κ2) is 7.37. The summed E-state index contributed by atoms with van der Waals surface area (Å²) in [5.74, 6) is 0.197. The number of benzene rings is 2. The van der Waals surface area contributed by atoms with Gasteiger partial charge in [-0.25, -0.2) is 0 Å². The fourth-order valence-electron chi connectivity index (χ4n) is 4.83. The molecule has 0 unspecified atom stereocenters. The van der Waals surface area contributed by atoms with E-state index in [0.717, 1.165) is 32.5 Å². The van der Waals surface area contributed by atoms with E-state index in [1.165, 1.54) is 29.2 Å². The van der Waals surface area contributed by atoms with Gasteiger partial charge in [0.2, 0.25) is 5.91 Å². The molecule has 2 aromatic rings. The zero-order valence-corrected chi connectivity index (χ0v) is 15.6. The number of carbonyl (C=O) groups excluding carboxylic acids is 1. The molecular formula is C22H29N3O. The molecule has 2 saturated heterocycles. The predicted octanol–water partition coefficient (Wildman–Crippen LogP) is 2.57. The number of hydrogen-bond donors (Lipinski definition) is 2. The summed E-state index contributed by atoms with van der Waals surface area (Å²) < 4.78 is 0. The molecule has 4 rings (SSSR count). The number of hydrogen-bond acceptors (Lipinski definition) is 3. The van der Waals surface area contributed by atoms with Crippen molar-refractivity contribution in [1.29, 1.82) is 0 Å². The van der Waals surface area contributed by atoms with Gasteiger partial charge in [0, 0.05) is 13.1 Å². The smallest absolute Gasteiger partial charge is 0.237 e. The van der Waals surface area contributed by atoms with Crippen molar-refractivity contribution < 1.29 is 4.79 Å². The summed E-state index contributed by atoms with van der Waals surface area (Å²) in [6.07, 6.45) is 4.26. The molecule has 0 bridgehead atoms. The van der Waals surface area contributed by atoms with E-state index in [1.54, 1.807) is 0 Å². The molecule has 0 saturated carbocycles. The highest BCUT2D eigenvalue weighted by Gasteiger charge is 2.45. The molecule has 0 aliphatic carbocycles. The van der Waals surface area contributed by atoms with Crippen molar-refractivity contribution >= 4 is 16.7 Å². The quantitative estimate of drug-likeness (QED) is 0.890. The van der Waals surface area contributed by atoms with Crippen LogP contribution in [0, 0.1) is 5.41 Å². The first-order chi connectivity index (χ1) is 12.7. The maximum Gasteiger partial charge on any atom is 0.237 e. The standard InChI is InChI=1S/C22H29N3O/c1-25-16-22(10-13-23-14-11-22)15-20(25)21(26)24-12-9-18-7-4-6-17-5-2-3-8-19(17)18/h2-8,20,23H,9-16H2,1H3,(H,24,26)/t20-/m0/s1. The molecular weight excluding hydrogens is 322 g/mol. The summed E-state index contributed by atoms with van der Waals surface area (Å²) in [4.78, 5) is 15.0. The molecule has 2 aromatic carbocycles. The Bertz CT molecular complexity index is 777. The summed E-state index contributed by atoms with van der Waals surface area (Å²) in [6, 6.07) is 14.9. The van der Waals surface area contributed by atoms with E-state index in [1.807, 2.05) is 0 Å². The molecule has 138 valence electrons. The van der Waals surface area contributed by atoms with Gasteiger partial charge >= 0.3 is 0 Å². The van der Waals surface area contributed by atoms with Crippen LogP contribution in [0.1, 0.15) is 24.8 Å². The number of amides is 1. The van der Waals surface area contributed by atoms with Gasteiger partial charge in [0.25, 0.3) is 0 Å². The highest BCUT2D eigenvalue weighted by Crippen LogP contribution is 2.41. The van der Waals surface area contributed by atoms with Gasteiger partial charge in [-0.1, -0.05) is 42.5 Å². The van der Waals surface area contributed by atoms with E-state index in [9.17, 15) is 4.79 Å². The van der Waals surface area contributed by atoms with Gasteiger partial charge in [-0.15, -0.1) is 0 Å². The van der Waals surface area contributed by atoms with Crippen molar-refractivity contribution in [1.82, 2.24) is 15.5 Å². The monoisotopic (exact) mass is 351 g/mol. The minimum atomic E-state index is 0.0283. The third kappa shape index (κ3) is 3.49. The number of likely N-dealkylation sites (tertiary alicyclic amines) is 1. The van der Waals surface area contributed by atoms with E-state index in [2.05, 4.69) is 65.0 Å². The second-order valence-corrected chi connectivity index (χ2v) is 8.06. The normalized spacial score (nSPS) is 22.7. The van der Waals surface area contributed by atoms with Crippen molar-refractivity contribution in [3.63, 3.8) is 0 Å². The van der Waals surface area contributed by atoms with Crippen molar-refractivity contribution in [3.8, 4) is 0 Å². The number of likely N-dealkylation sites (N-methyl/N-ethyl adjacent to an activating group) is 1. The number of rotatable bonds is 4. The molecule has 1 amide bonds. The molecule has 2 fully saturated rings. The van der Waals surface area contributed by atoms with Crippen LogP contribution in [0.15, 0.2) is 42.5 Å². The first kappa shape index (κ1) is 17.5. The average Bonchev–Trinajstić information content (AvgIpc) is 2.98. The van der Waals surface area contributed by atoms with Gasteiger partial charge in [0.15, 0.2) is 0 Å². The zero-order valence-electron chi connectivity index (χ0n) is 15.6. The Labute approximate surface area is 156 Å². The first-order valence-corrected chi connectivity index (χ1v) is 9.82. The molecule has 2 heterocycles. The largest absolute Gasteiger partial charge is 0.354 e. The summed E-state index contributed by atoms with van der Waals surface area (Å²) in [6.45, 7) is 3.92. The van der Waals surface area contributed by atoms with Crippen molar-refractivity contribution in [2.24, 2.45) is 5.41 Å². The molecule has 4 heteroatoms. The molecule has 1 atom stereocenters. The molecule has 2 aliphatic heterocycles. The lowest BCUT2D eigenvalue weighted by Crippen LogP contribution is -2.42. The topological polar surface area (TPSA) is 44.4 Å². The van der Waals surface area contributed by atoms with Gasteiger partial charge < -0.3 is 10.6 Å². The van der Waals surface area contributed by atoms with Crippen LogP contribution in [0.3, 0.4) is 0 Å². The van der Waals surface area contributed by atoms with Gasteiger partial charge in [-0.05, 0) is 67.6 Å². The Kier molecular flexibility index (Phi) is 4.96. The molecule has 4 nitrogen and oxygen atoms in total. The molecule has 1 spiro atoms. The zero-order chi connectivity index (χ0) is 18.0. The van der Waals surface area contributed by atoms with Crippen LogP contribution >= 0.6 is 0 Å². The van der Waals surface area contributed by atoms with E-state index >= 15 is 0 Å². The SMILES string of the molecule is CN1CC2(CCNCC2)C[C@H]1C(=O)NCCc1cccc2ccccc12. The maximum atomic E-state index is 12.8. The molecule has 26 heavy (non-hydrogen) atoms. The summed E-state index contributed by atoms with van der Waals surface area (Å²) in [5, 5.41) is 9.19. The average molecular weight is 351 g/mol. The first-order valence-electron chi connectivity index (χ1n) is 9.82.